The number of benzene rings is 2. The van der Waals surface area contributed by atoms with E-state index in [0.717, 1.165) is 21.3 Å². The average molecular weight is 440 g/mol. The number of aromatic nitrogens is 3. The molecule has 0 spiro atoms. The molecular formula is C20H14BrN3O2S. The molecule has 7 heteroatoms. The van der Waals surface area contributed by atoms with Gasteiger partial charge in [-0.15, -0.1) is 5.10 Å². The van der Waals surface area contributed by atoms with Gasteiger partial charge in [0.2, 0.25) is 4.96 Å². The van der Waals surface area contributed by atoms with Crippen molar-refractivity contribution in [1.29, 1.82) is 0 Å². The van der Waals surface area contributed by atoms with E-state index in [-0.39, 0.29) is 5.56 Å². The number of fused-ring (bicyclic) bond motifs is 1. The van der Waals surface area contributed by atoms with E-state index in [1.165, 1.54) is 15.9 Å². The molecule has 0 atom stereocenters. The lowest BCUT2D eigenvalue weighted by Crippen LogP contribution is -2.23. The van der Waals surface area contributed by atoms with Crippen molar-refractivity contribution in [3.63, 3.8) is 0 Å². The van der Waals surface area contributed by atoms with E-state index >= 15 is 0 Å². The fourth-order valence-corrected chi connectivity index (χ4v) is 3.69. The van der Waals surface area contributed by atoms with E-state index in [0.29, 0.717) is 15.3 Å². The summed E-state index contributed by atoms with van der Waals surface area (Å²) in [5.41, 5.74) is 1.80. The minimum Gasteiger partial charge on any atom is -0.497 e. The van der Waals surface area contributed by atoms with Gasteiger partial charge in [0.1, 0.15) is 5.75 Å². The maximum atomic E-state index is 12.6. The molecule has 2 aromatic heterocycles. The molecule has 0 amide bonds. The third kappa shape index (κ3) is 3.84. The SMILES string of the molecule is COc1ccc(/C=C/c2nc3s/c(=C\c4ccc(Br)cc4)c(=O)n3n2)cc1. The van der Waals surface area contributed by atoms with Crippen molar-refractivity contribution in [1.82, 2.24) is 14.6 Å². The number of thiazole rings is 1. The predicted molar refractivity (Wildman–Crippen MR) is 112 cm³/mol. The Kier molecular flexibility index (Phi) is 4.87. The number of rotatable bonds is 4. The predicted octanol–water partition coefficient (Wildman–Crippen LogP) is 3.64. The lowest BCUT2D eigenvalue weighted by Gasteiger charge is -1.98. The summed E-state index contributed by atoms with van der Waals surface area (Å²) in [6.45, 7) is 0. The lowest BCUT2D eigenvalue weighted by atomic mass is 10.2. The summed E-state index contributed by atoms with van der Waals surface area (Å²) in [7, 11) is 1.63. The smallest absolute Gasteiger partial charge is 0.291 e. The molecule has 27 heavy (non-hydrogen) atoms. The topological polar surface area (TPSA) is 56.5 Å². The maximum absolute atomic E-state index is 12.6. The number of hydrogen-bond acceptors (Lipinski definition) is 5. The van der Waals surface area contributed by atoms with Gasteiger partial charge in [0.15, 0.2) is 5.82 Å². The van der Waals surface area contributed by atoms with Crippen molar-refractivity contribution in [2.75, 3.05) is 7.11 Å². The van der Waals surface area contributed by atoms with E-state index in [4.69, 9.17) is 4.74 Å². The summed E-state index contributed by atoms with van der Waals surface area (Å²) in [6.07, 6.45) is 5.54. The Balaban J connectivity index is 1.62. The number of halogens is 1. The van der Waals surface area contributed by atoms with Gasteiger partial charge >= 0.3 is 0 Å². The highest BCUT2D eigenvalue weighted by Gasteiger charge is 2.08. The van der Waals surface area contributed by atoms with Crippen molar-refractivity contribution in [2.45, 2.75) is 0 Å². The van der Waals surface area contributed by atoms with Crippen LogP contribution in [-0.4, -0.2) is 21.7 Å². The van der Waals surface area contributed by atoms with Gasteiger partial charge in [-0.25, -0.2) is 0 Å². The Morgan fingerprint density at radius 1 is 1.04 bits per heavy atom. The zero-order valence-corrected chi connectivity index (χ0v) is 16.7. The Hall–Kier alpha value is -2.77. The van der Waals surface area contributed by atoms with Crippen LogP contribution in [0.15, 0.2) is 57.8 Å². The molecular weight excluding hydrogens is 426 g/mol. The van der Waals surface area contributed by atoms with Crippen molar-refractivity contribution in [3.05, 3.63) is 84.8 Å². The van der Waals surface area contributed by atoms with Gasteiger partial charge in [-0.05, 0) is 47.5 Å². The number of methoxy groups -OCH3 is 1. The van der Waals surface area contributed by atoms with Gasteiger partial charge in [-0.1, -0.05) is 57.6 Å². The van der Waals surface area contributed by atoms with Crippen molar-refractivity contribution >= 4 is 50.5 Å². The molecule has 0 aliphatic carbocycles. The first-order valence-electron chi connectivity index (χ1n) is 8.11. The highest BCUT2D eigenvalue weighted by Crippen LogP contribution is 2.14. The lowest BCUT2D eigenvalue weighted by molar-refractivity contribution is 0.415. The molecule has 4 rings (SSSR count). The van der Waals surface area contributed by atoms with Crippen molar-refractivity contribution < 1.29 is 4.74 Å². The van der Waals surface area contributed by atoms with Crippen LogP contribution < -0.4 is 14.8 Å². The van der Waals surface area contributed by atoms with Crippen molar-refractivity contribution in [3.8, 4) is 5.75 Å². The van der Waals surface area contributed by atoms with Gasteiger partial charge in [-0.2, -0.15) is 9.50 Å². The van der Waals surface area contributed by atoms with Crippen LogP contribution in [0, 0.1) is 0 Å². The summed E-state index contributed by atoms with van der Waals surface area (Å²) in [6, 6.07) is 15.4. The molecule has 134 valence electrons. The van der Waals surface area contributed by atoms with Crippen LogP contribution in [0.2, 0.25) is 0 Å². The van der Waals surface area contributed by atoms with Crippen LogP contribution >= 0.6 is 27.3 Å². The minimum absolute atomic E-state index is 0.158. The van der Waals surface area contributed by atoms with E-state index in [2.05, 4.69) is 26.0 Å². The number of nitrogens with zero attached hydrogens (tertiary/aromatic N) is 3. The van der Waals surface area contributed by atoms with Crippen LogP contribution in [0.3, 0.4) is 0 Å². The third-order valence-corrected chi connectivity index (χ3v) is 5.39. The zero-order valence-electron chi connectivity index (χ0n) is 14.3. The van der Waals surface area contributed by atoms with Crippen LogP contribution in [0.1, 0.15) is 17.0 Å². The van der Waals surface area contributed by atoms with Crippen LogP contribution in [-0.2, 0) is 0 Å². The largest absolute Gasteiger partial charge is 0.497 e. The highest BCUT2D eigenvalue weighted by molar-refractivity contribution is 9.10. The molecule has 0 saturated carbocycles. The third-order valence-electron chi connectivity index (χ3n) is 3.91. The molecule has 0 aliphatic rings. The molecule has 0 bridgehead atoms. The Bertz CT molecular complexity index is 1230. The van der Waals surface area contributed by atoms with E-state index in [9.17, 15) is 4.79 Å². The van der Waals surface area contributed by atoms with Crippen LogP contribution in [0.4, 0.5) is 0 Å². The average Bonchev–Trinajstić information content (AvgIpc) is 3.21. The van der Waals surface area contributed by atoms with E-state index in [1.54, 1.807) is 13.2 Å². The Labute approximate surface area is 167 Å². The first-order chi connectivity index (χ1) is 13.1. The number of ether oxygens (including phenoxy) is 1. The summed E-state index contributed by atoms with van der Waals surface area (Å²) in [4.78, 5) is 17.6. The molecule has 0 fully saturated rings. The second kappa shape index (κ2) is 7.46. The molecule has 0 N–H and O–H groups in total. The van der Waals surface area contributed by atoms with Gasteiger partial charge in [0, 0.05) is 4.47 Å². The first kappa shape index (κ1) is 17.6. The van der Waals surface area contributed by atoms with Crippen LogP contribution in [0.25, 0.3) is 23.2 Å². The standard InChI is InChI=1S/C20H14BrN3O2S/c1-26-16-9-4-13(5-10-16)6-11-18-22-20-24(23-18)19(25)17(27-20)12-14-2-7-15(21)8-3-14/h2-12H,1H3/b11-6+,17-12-. The quantitative estimate of drug-likeness (QED) is 0.486. The highest BCUT2D eigenvalue weighted by atomic mass is 79.9. The molecule has 5 nitrogen and oxygen atoms in total. The Morgan fingerprint density at radius 3 is 2.41 bits per heavy atom. The molecule has 0 aliphatic heterocycles. The van der Waals surface area contributed by atoms with Gasteiger partial charge in [-0.3, -0.25) is 4.79 Å². The molecule has 0 saturated heterocycles. The summed E-state index contributed by atoms with van der Waals surface area (Å²) in [5.74, 6) is 1.31. The van der Waals surface area contributed by atoms with Gasteiger partial charge in [0.05, 0.1) is 11.6 Å². The van der Waals surface area contributed by atoms with Crippen LogP contribution in [0.5, 0.6) is 5.75 Å². The van der Waals surface area contributed by atoms with Gasteiger partial charge in [0.25, 0.3) is 5.56 Å². The summed E-state index contributed by atoms with van der Waals surface area (Å²) in [5, 5.41) is 4.30. The molecule has 4 aromatic rings. The fourth-order valence-electron chi connectivity index (χ4n) is 2.52. The molecule has 0 unspecified atom stereocenters. The molecule has 2 aromatic carbocycles. The second-order valence-corrected chi connectivity index (χ2v) is 7.66. The zero-order chi connectivity index (χ0) is 18.8. The van der Waals surface area contributed by atoms with E-state index < -0.39 is 0 Å². The van der Waals surface area contributed by atoms with Gasteiger partial charge < -0.3 is 4.74 Å². The maximum Gasteiger partial charge on any atom is 0.291 e. The summed E-state index contributed by atoms with van der Waals surface area (Å²) < 4.78 is 8.10. The minimum atomic E-state index is -0.158. The van der Waals surface area contributed by atoms with Crippen molar-refractivity contribution in [2.24, 2.45) is 0 Å². The monoisotopic (exact) mass is 439 g/mol. The Morgan fingerprint density at radius 2 is 1.74 bits per heavy atom. The number of hydrogen-bond donors (Lipinski definition) is 0. The molecule has 2 heterocycles. The first-order valence-corrected chi connectivity index (χ1v) is 9.72. The molecule has 0 radical (unpaired) electrons. The van der Waals surface area contributed by atoms with E-state index in [1.807, 2.05) is 60.7 Å². The second-order valence-electron chi connectivity index (χ2n) is 5.74. The normalized spacial score (nSPS) is 12.3. The summed E-state index contributed by atoms with van der Waals surface area (Å²) >= 11 is 4.73. The fraction of sp³-hybridized carbons (Fsp3) is 0.0500.